The van der Waals surface area contributed by atoms with Gasteiger partial charge in [0.2, 0.25) is 15.9 Å². The van der Waals surface area contributed by atoms with Gasteiger partial charge in [-0.3, -0.25) is 4.79 Å². The van der Waals surface area contributed by atoms with Crippen LogP contribution in [0.2, 0.25) is 0 Å². The normalized spacial score (nSPS) is 11.7. The lowest BCUT2D eigenvalue weighted by molar-refractivity contribution is -0.116. The smallest absolute Gasteiger partial charge is 0.238 e. The van der Waals surface area contributed by atoms with Crippen molar-refractivity contribution in [2.24, 2.45) is 5.14 Å². The summed E-state index contributed by atoms with van der Waals surface area (Å²) < 4.78 is 22.8. The first-order valence-electron chi connectivity index (χ1n) is 6.87. The predicted molar refractivity (Wildman–Crippen MR) is 83.6 cm³/mol. The van der Waals surface area contributed by atoms with Gasteiger partial charge in [-0.2, -0.15) is 0 Å². The average Bonchev–Trinajstić information content (AvgIpc) is 2.35. The van der Waals surface area contributed by atoms with Crippen LogP contribution in [0.5, 0.6) is 0 Å². The van der Waals surface area contributed by atoms with Gasteiger partial charge in [-0.25, -0.2) is 13.6 Å². The van der Waals surface area contributed by atoms with Crippen LogP contribution in [0.3, 0.4) is 0 Å². The summed E-state index contributed by atoms with van der Waals surface area (Å²) in [6.07, 6.45) is 1.09. The highest BCUT2D eigenvalue weighted by Crippen LogP contribution is 2.19. The highest BCUT2D eigenvalue weighted by molar-refractivity contribution is 7.89. The van der Waals surface area contributed by atoms with Gasteiger partial charge in [0.1, 0.15) is 0 Å². The minimum Gasteiger partial charge on any atom is -0.326 e. The van der Waals surface area contributed by atoms with Crippen molar-refractivity contribution in [2.75, 3.05) is 11.9 Å². The topological polar surface area (TPSA) is 101 Å². The molecule has 118 valence electrons. The summed E-state index contributed by atoms with van der Waals surface area (Å²) in [5.74, 6) is -0.148. The fourth-order valence-corrected chi connectivity index (χ4v) is 2.66. The number of amides is 1. The van der Waals surface area contributed by atoms with E-state index >= 15 is 0 Å². The van der Waals surface area contributed by atoms with Gasteiger partial charge < -0.3 is 10.6 Å². The summed E-state index contributed by atoms with van der Waals surface area (Å²) in [6, 6.07) is 5.06. The number of nitrogens with one attached hydrogen (secondary N) is 2. The molecule has 0 heterocycles. The monoisotopic (exact) mass is 313 g/mol. The van der Waals surface area contributed by atoms with Gasteiger partial charge >= 0.3 is 0 Å². The SMILES string of the molecule is Cc1ccc(NC(=O)CCCNC(C)C)cc1S(N)(=O)=O. The molecule has 0 spiro atoms. The molecule has 0 saturated heterocycles. The summed E-state index contributed by atoms with van der Waals surface area (Å²) in [5.41, 5.74) is 0.989. The largest absolute Gasteiger partial charge is 0.326 e. The lowest BCUT2D eigenvalue weighted by Crippen LogP contribution is -2.24. The van der Waals surface area contributed by atoms with Gasteiger partial charge in [-0.05, 0) is 37.6 Å². The Kier molecular flexibility index (Phi) is 6.32. The Hall–Kier alpha value is -1.44. The third kappa shape index (κ3) is 6.24. The van der Waals surface area contributed by atoms with Crippen molar-refractivity contribution in [3.8, 4) is 0 Å². The minimum absolute atomic E-state index is 0.0294. The zero-order chi connectivity index (χ0) is 16.0. The average molecular weight is 313 g/mol. The number of rotatable bonds is 7. The second-order valence-corrected chi connectivity index (χ2v) is 6.82. The molecule has 0 aromatic heterocycles. The van der Waals surface area contributed by atoms with E-state index in [1.807, 2.05) is 13.8 Å². The Morgan fingerprint density at radius 2 is 2.00 bits per heavy atom. The van der Waals surface area contributed by atoms with E-state index in [-0.39, 0.29) is 10.8 Å². The summed E-state index contributed by atoms with van der Waals surface area (Å²) in [4.78, 5) is 11.8. The molecule has 0 radical (unpaired) electrons. The highest BCUT2D eigenvalue weighted by atomic mass is 32.2. The van der Waals surface area contributed by atoms with E-state index < -0.39 is 10.0 Å². The molecule has 1 aromatic rings. The summed E-state index contributed by atoms with van der Waals surface area (Å²) >= 11 is 0. The molecule has 0 aliphatic heterocycles. The molecule has 21 heavy (non-hydrogen) atoms. The molecule has 6 nitrogen and oxygen atoms in total. The quantitative estimate of drug-likeness (QED) is 0.661. The van der Waals surface area contributed by atoms with Crippen LogP contribution in [-0.4, -0.2) is 26.9 Å². The summed E-state index contributed by atoms with van der Waals surface area (Å²) in [5, 5.41) is 11.0. The molecular formula is C14H23N3O3S. The van der Waals surface area contributed by atoms with Gasteiger partial charge in [-0.15, -0.1) is 0 Å². The van der Waals surface area contributed by atoms with Crippen molar-refractivity contribution in [3.63, 3.8) is 0 Å². The maximum atomic E-state index is 11.8. The van der Waals surface area contributed by atoms with Gasteiger partial charge in [0, 0.05) is 18.2 Å². The molecule has 0 saturated carbocycles. The maximum absolute atomic E-state index is 11.8. The molecule has 0 unspecified atom stereocenters. The van der Waals surface area contributed by atoms with E-state index in [4.69, 9.17) is 5.14 Å². The number of carbonyl (C=O) groups excluding carboxylic acids is 1. The molecule has 0 bridgehead atoms. The van der Waals surface area contributed by atoms with Crippen LogP contribution >= 0.6 is 0 Å². The fraction of sp³-hybridized carbons (Fsp3) is 0.500. The van der Waals surface area contributed by atoms with E-state index in [0.29, 0.717) is 23.7 Å². The first-order valence-corrected chi connectivity index (χ1v) is 8.41. The molecule has 1 amide bonds. The van der Waals surface area contributed by atoms with Crippen LogP contribution in [0.25, 0.3) is 0 Å². The molecule has 1 aromatic carbocycles. The Balaban J connectivity index is 2.61. The van der Waals surface area contributed by atoms with Crippen molar-refractivity contribution in [2.45, 2.75) is 44.6 Å². The molecule has 0 fully saturated rings. The number of benzene rings is 1. The molecule has 0 atom stereocenters. The van der Waals surface area contributed by atoms with Gasteiger partial charge in [0.15, 0.2) is 0 Å². The lowest BCUT2D eigenvalue weighted by Gasteiger charge is -2.10. The Morgan fingerprint density at radius 3 is 2.57 bits per heavy atom. The molecule has 4 N–H and O–H groups in total. The Bertz CT molecular complexity index is 597. The number of aryl methyl sites for hydroxylation is 1. The van der Waals surface area contributed by atoms with Crippen molar-refractivity contribution in [1.29, 1.82) is 0 Å². The highest BCUT2D eigenvalue weighted by Gasteiger charge is 2.13. The molecule has 0 aliphatic carbocycles. The van der Waals surface area contributed by atoms with E-state index in [2.05, 4.69) is 10.6 Å². The van der Waals surface area contributed by atoms with E-state index in [1.165, 1.54) is 6.07 Å². The van der Waals surface area contributed by atoms with E-state index in [1.54, 1.807) is 19.1 Å². The standard InChI is InChI=1S/C14H23N3O3S/c1-10(2)16-8-4-5-14(18)17-12-7-6-11(3)13(9-12)21(15,19)20/h6-7,9-10,16H,4-5,8H2,1-3H3,(H,17,18)(H2,15,19,20). The fourth-order valence-electron chi connectivity index (χ4n) is 1.85. The van der Waals surface area contributed by atoms with Crippen LogP contribution in [0.1, 0.15) is 32.3 Å². The lowest BCUT2D eigenvalue weighted by atomic mass is 10.2. The third-order valence-corrected chi connectivity index (χ3v) is 3.96. The van der Waals surface area contributed by atoms with Crippen molar-refractivity contribution >= 4 is 21.6 Å². The molecular weight excluding hydrogens is 290 g/mol. The number of carbonyl (C=O) groups is 1. The molecule has 1 rings (SSSR count). The number of sulfonamides is 1. The Labute approximate surface area is 126 Å². The number of hydrogen-bond acceptors (Lipinski definition) is 4. The van der Waals surface area contributed by atoms with Crippen LogP contribution in [0.4, 0.5) is 5.69 Å². The third-order valence-electron chi connectivity index (χ3n) is 2.91. The summed E-state index contributed by atoms with van der Waals surface area (Å²) in [6.45, 7) is 6.51. The van der Waals surface area contributed by atoms with Crippen molar-refractivity contribution < 1.29 is 13.2 Å². The predicted octanol–water partition coefficient (Wildman–Crippen LogP) is 1.36. The van der Waals surface area contributed by atoms with Gasteiger partial charge in [0.25, 0.3) is 0 Å². The second-order valence-electron chi connectivity index (χ2n) is 5.29. The first-order chi connectivity index (χ1) is 9.70. The van der Waals surface area contributed by atoms with Gasteiger partial charge in [-0.1, -0.05) is 19.9 Å². The van der Waals surface area contributed by atoms with Crippen LogP contribution in [0, 0.1) is 6.92 Å². The van der Waals surface area contributed by atoms with Crippen molar-refractivity contribution in [1.82, 2.24) is 5.32 Å². The maximum Gasteiger partial charge on any atom is 0.238 e. The number of nitrogens with two attached hydrogens (primary N) is 1. The number of primary sulfonamides is 1. The zero-order valence-corrected chi connectivity index (χ0v) is 13.5. The Morgan fingerprint density at radius 1 is 1.33 bits per heavy atom. The second kappa shape index (κ2) is 7.53. The minimum atomic E-state index is -3.78. The zero-order valence-electron chi connectivity index (χ0n) is 12.6. The molecule has 7 heteroatoms. The van der Waals surface area contributed by atoms with Crippen molar-refractivity contribution in [3.05, 3.63) is 23.8 Å². The number of hydrogen-bond donors (Lipinski definition) is 3. The van der Waals surface area contributed by atoms with Crippen LogP contribution in [-0.2, 0) is 14.8 Å². The van der Waals surface area contributed by atoms with Gasteiger partial charge in [0.05, 0.1) is 4.90 Å². The summed E-state index contributed by atoms with van der Waals surface area (Å²) in [7, 11) is -3.78. The van der Waals surface area contributed by atoms with E-state index in [0.717, 1.165) is 13.0 Å². The first kappa shape index (κ1) is 17.6. The van der Waals surface area contributed by atoms with Crippen LogP contribution in [0.15, 0.2) is 23.1 Å². The van der Waals surface area contributed by atoms with Crippen LogP contribution < -0.4 is 15.8 Å². The van der Waals surface area contributed by atoms with E-state index in [9.17, 15) is 13.2 Å². The molecule has 0 aliphatic rings. The number of anilines is 1.